The smallest absolute Gasteiger partial charge is 0.361 e. The molecule has 19 heteroatoms. The number of aryl methyl sites for hydroxylation is 1. The van der Waals surface area contributed by atoms with Gasteiger partial charge in [-0.3, -0.25) is 0 Å². The van der Waals surface area contributed by atoms with Gasteiger partial charge in [-0.15, -0.1) is 0 Å². The molecule has 0 amide bonds. The van der Waals surface area contributed by atoms with Crippen LogP contribution in [0.25, 0.3) is 77.2 Å². The second-order valence-corrected chi connectivity index (χ2v) is 17.7. The van der Waals surface area contributed by atoms with Crippen molar-refractivity contribution in [2.24, 2.45) is 0 Å². The summed E-state index contributed by atoms with van der Waals surface area (Å²) in [4.78, 5) is 95.6. The fraction of sp³-hybridized carbons (Fsp3) is 0.102. The number of rotatable bonds is 11. The highest BCUT2D eigenvalue weighted by Gasteiger charge is 2.35. The summed E-state index contributed by atoms with van der Waals surface area (Å²) in [5.74, 6) is -3.43. The number of methoxy groups -OCH3 is 4. The monoisotopic (exact) mass is 1050 g/mol. The number of para-hydroxylation sites is 3. The molecule has 386 valence electrons. The van der Waals surface area contributed by atoms with Crippen LogP contribution in [0.1, 0.15) is 36.6 Å². The molecule has 0 saturated heterocycles. The number of benzene rings is 6. The highest BCUT2D eigenvalue weighted by molar-refractivity contribution is 6.17. The van der Waals surface area contributed by atoms with E-state index in [0.717, 1.165) is 0 Å². The van der Waals surface area contributed by atoms with Crippen molar-refractivity contribution in [3.63, 3.8) is 0 Å². The Morgan fingerprint density at radius 1 is 0.462 bits per heavy atom. The van der Waals surface area contributed by atoms with Gasteiger partial charge < -0.3 is 55.4 Å². The molecule has 12 rings (SSSR count). The van der Waals surface area contributed by atoms with Crippen LogP contribution in [0, 0.1) is 0 Å². The van der Waals surface area contributed by atoms with Crippen molar-refractivity contribution in [1.29, 1.82) is 0 Å². The van der Waals surface area contributed by atoms with Gasteiger partial charge in [0.1, 0.15) is 44.5 Å². The summed E-state index contributed by atoms with van der Waals surface area (Å²) >= 11 is 0. The molecule has 0 bridgehead atoms. The molecule has 0 spiro atoms. The Kier molecular flexibility index (Phi) is 11.7. The van der Waals surface area contributed by atoms with E-state index in [9.17, 15) is 33.6 Å². The van der Waals surface area contributed by atoms with Gasteiger partial charge in [-0.25, -0.2) is 33.6 Å². The van der Waals surface area contributed by atoms with Gasteiger partial charge in [0.15, 0.2) is 34.5 Å². The molecular formula is C59H37NO18. The molecule has 11 aromatic rings. The SMILES string of the molecule is COc1cc(-c2c3n(c4c(=O)oc5cc(OC(=O)c6cc7ccccc7oc6=O)c(OC)cc5c24)CCc2c-3cc(OC)c(OC)c2OC(=O)c2cc3ccccc3oc2=O)ccc1OC(=O)c1cc2ccccc2oc1=O. The first-order chi connectivity index (χ1) is 37.8. The predicted octanol–water partition coefficient (Wildman–Crippen LogP) is 9.65. The van der Waals surface area contributed by atoms with Gasteiger partial charge >= 0.3 is 40.4 Å². The van der Waals surface area contributed by atoms with Gasteiger partial charge in [0, 0.05) is 56.2 Å². The van der Waals surface area contributed by atoms with E-state index in [1.165, 1.54) is 64.8 Å². The Morgan fingerprint density at radius 3 is 1.50 bits per heavy atom. The summed E-state index contributed by atoms with van der Waals surface area (Å²) in [6, 6.07) is 33.1. The number of hydrogen-bond donors (Lipinski definition) is 0. The van der Waals surface area contributed by atoms with E-state index in [1.807, 2.05) is 0 Å². The Balaban J connectivity index is 1.06. The van der Waals surface area contributed by atoms with Crippen LogP contribution in [-0.2, 0) is 13.0 Å². The van der Waals surface area contributed by atoms with E-state index in [2.05, 4.69) is 0 Å². The lowest BCUT2D eigenvalue weighted by Crippen LogP contribution is -2.21. The second kappa shape index (κ2) is 18.9. The van der Waals surface area contributed by atoms with Crippen molar-refractivity contribution in [3.8, 4) is 62.6 Å². The normalized spacial score (nSPS) is 11.8. The predicted molar refractivity (Wildman–Crippen MR) is 281 cm³/mol. The Hall–Kier alpha value is -10.7. The average Bonchev–Trinajstić information content (AvgIpc) is 3.99. The van der Waals surface area contributed by atoms with Crippen LogP contribution < -0.4 is 55.7 Å². The second-order valence-electron chi connectivity index (χ2n) is 17.7. The number of fused-ring (bicyclic) bond motifs is 10. The maximum atomic E-state index is 14.7. The first kappa shape index (κ1) is 48.3. The molecule has 0 unspecified atom stereocenters. The number of ether oxygens (including phenoxy) is 7. The number of hydrogen-bond acceptors (Lipinski definition) is 18. The minimum Gasteiger partial charge on any atom is -0.493 e. The number of carbonyl (C=O) groups is 3. The molecule has 0 saturated carbocycles. The molecule has 0 radical (unpaired) electrons. The fourth-order valence-corrected chi connectivity index (χ4v) is 9.85. The molecule has 0 N–H and O–H groups in total. The summed E-state index contributed by atoms with van der Waals surface area (Å²) in [7, 11) is 5.41. The van der Waals surface area contributed by atoms with Gasteiger partial charge in [0.2, 0.25) is 5.75 Å². The summed E-state index contributed by atoms with van der Waals surface area (Å²) in [6.07, 6.45) is 0.111. The van der Waals surface area contributed by atoms with Gasteiger partial charge in [-0.2, -0.15) is 0 Å². The van der Waals surface area contributed by atoms with Crippen molar-refractivity contribution in [2.45, 2.75) is 13.0 Å². The lowest BCUT2D eigenvalue weighted by atomic mass is 9.91. The Labute approximate surface area is 436 Å². The molecule has 5 aromatic heterocycles. The van der Waals surface area contributed by atoms with Crippen LogP contribution in [-0.4, -0.2) is 50.9 Å². The van der Waals surface area contributed by atoms with Gasteiger partial charge in [-0.1, -0.05) is 60.7 Å². The van der Waals surface area contributed by atoms with Gasteiger partial charge in [-0.05, 0) is 72.6 Å². The third-order valence-electron chi connectivity index (χ3n) is 13.4. The maximum Gasteiger partial charge on any atom is 0.361 e. The summed E-state index contributed by atoms with van der Waals surface area (Å²) < 4.78 is 65.1. The zero-order chi connectivity index (χ0) is 54.1. The highest BCUT2D eigenvalue weighted by Crippen LogP contribution is 2.53. The lowest BCUT2D eigenvalue weighted by Gasteiger charge is -2.26. The number of carbonyl (C=O) groups excluding carboxylic acids is 3. The van der Waals surface area contributed by atoms with Crippen molar-refractivity contribution >= 4 is 72.7 Å². The maximum absolute atomic E-state index is 14.7. The molecule has 0 atom stereocenters. The molecule has 0 fully saturated rings. The first-order valence-corrected chi connectivity index (χ1v) is 23.8. The number of aromatic nitrogens is 1. The van der Waals surface area contributed by atoms with E-state index >= 15 is 0 Å². The summed E-state index contributed by atoms with van der Waals surface area (Å²) in [5, 5.41) is 1.99. The number of esters is 3. The third-order valence-corrected chi connectivity index (χ3v) is 13.4. The topological polar surface area (TPSA) is 242 Å². The van der Waals surface area contributed by atoms with E-state index in [4.69, 9.17) is 50.8 Å². The minimum absolute atomic E-state index is 0.0107. The zero-order valence-electron chi connectivity index (χ0n) is 41.3. The standard InChI is InChI=1S/C59H37NO18/c1-68-43-24-31(17-18-41(43)75-56(64)35-21-28-11-5-8-14-38(28)72-53(35)61)47-48-34-26-44(69-2)45(77-57(65)36-22-29-12-6-9-15-39(29)73-54(36)62)27-42(34)76-59(67)50(48)60-20-19-32-33(49(47)60)25-46(70-3)52(71-4)51(32)78-58(66)37-23-30-13-7-10-16-40(30)74-55(37)63/h5-18,21-27H,19-20H2,1-4H3. The van der Waals surface area contributed by atoms with Crippen LogP contribution in [0.2, 0.25) is 0 Å². The first-order valence-electron chi connectivity index (χ1n) is 23.8. The molecule has 6 heterocycles. The Bertz CT molecular complexity index is 4650. The van der Waals surface area contributed by atoms with Crippen LogP contribution in [0.3, 0.4) is 0 Å². The molecule has 0 aliphatic carbocycles. The van der Waals surface area contributed by atoms with Crippen LogP contribution >= 0.6 is 0 Å². The van der Waals surface area contributed by atoms with E-state index in [-0.39, 0.29) is 97.4 Å². The molecular weight excluding hydrogens is 1010 g/mol. The van der Waals surface area contributed by atoms with Crippen molar-refractivity contribution < 1.29 is 65.2 Å². The Morgan fingerprint density at radius 2 is 0.962 bits per heavy atom. The minimum atomic E-state index is -1.08. The van der Waals surface area contributed by atoms with Crippen LogP contribution in [0.5, 0.6) is 40.2 Å². The lowest BCUT2D eigenvalue weighted by molar-refractivity contribution is 0.0714. The van der Waals surface area contributed by atoms with Gasteiger partial charge in [0.05, 0.1) is 34.1 Å². The molecule has 19 nitrogen and oxygen atoms in total. The van der Waals surface area contributed by atoms with Crippen molar-refractivity contribution in [2.75, 3.05) is 28.4 Å². The fourth-order valence-electron chi connectivity index (χ4n) is 9.85. The van der Waals surface area contributed by atoms with Gasteiger partial charge in [0.25, 0.3) is 0 Å². The van der Waals surface area contributed by atoms with Crippen molar-refractivity contribution in [3.05, 3.63) is 191 Å². The highest BCUT2D eigenvalue weighted by atomic mass is 16.6. The quantitative estimate of drug-likeness (QED) is 0.0665. The van der Waals surface area contributed by atoms with Crippen molar-refractivity contribution in [1.82, 2.24) is 4.57 Å². The number of nitrogens with zero attached hydrogens (tertiary/aromatic N) is 1. The molecule has 1 aliphatic rings. The van der Waals surface area contributed by atoms with E-state index in [0.29, 0.717) is 44.1 Å². The van der Waals surface area contributed by atoms with E-state index < -0.39 is 51.5 Å². The summed E-state index contributed by atoms with van der Waals surface area (Å²) in [5.41, 5.74) is -2.12. The van der Waals surface area contributed by atoms with E-state index in [1.54, 1.807) is 95.6 Å². The van der Waals surface area contributed by atoms with Crippen LogP contribution in [0.15, 0.2) is 164 Å². The van der Waals surface area contributed by atoms with Crippen LogP contribution in [0.4, 0.5) is 0 Å². The molecule has 1 aliphatic heterocycles. The summed E-state index contributed by atoms with van der Waals surface area (Å²) in [6.45, 7) is 0.0651. The molecule has 78 heavy (non-hydrogen) atoms. The average molecular weight is 1050 g/mol. The third kappa shape index (κ3) is 7.95. The molecule has 6 aromatic carbocycles. The largest absolute Gasteiger partial charge is 0.493 e. The zero-order valence-corrected chi connectivity index (χ0v) is 41.3.